The zero-order chi connectivity index (χ0) is 9.42. The fraction of sp³-hybridized carbons (Fsp3) is 0.300. The van der Waals surface area contributed by atoms with E-state index in [1.165, 1.54) is 12.1 Å². The van der Waals surface area contributed by atoms with Gasteiger partial charge in [-0.1, -0.05) is 6.07 Å². The van der Waals surface area contributed by atoms with Crippen LogP contribution in [-0.4, -0.2) is 5.91 Å². The summed E-state index contributed by atoms with van der Waals surface area (Å²) in [6.45, 7) is 1.85. The molecular weight excluding hydrogens is 169 g/mol. The van der Waals surface area contributed by atoms with Gasteiger partial charge < -0.3 is 5.32 Å². The number of rotatable bonds is 1. The van der Waals surface area contributed by atoms with Crippen LogP contribution in [0.2, 0.25) is 0 Å². The van der Waals surface area contributed by atoms with Crippen LogP contribution in [0.3, 0.4) is 0 Å². The number of amides is 1. The number of aryl methyl sites for hydroxylation is 1. The van der Waals surface area contributed by atoms with Gasteiger partial charge in [0.15, 0.2) is 0 Å². The van der Waals surface area contributed by atoms with Gasteiger partial charge in [-0.15, -0.1) is 0 Å². The Morgan fingerprint density at radius 2 is 2.23 bits per heavy atom. The van der Waals surface area contributed by atoms with Gasteiger partial charge >= 0.3 is 0 Å². The minimum atomic E-state index is -0.230. The molecule has 1 aromatic carbocycles. The Labute approximate surface area is 75.8 Å². The molecule has 1 aliphatic rings. The van der Waals surface area contributed by atoms with Crippen LogP contribution in [0, 0.1) is 12.7 Å². The zero-order valence-electron chi connectivity index (χ0n) is 7.30. The fourth-order valence-corrected chi connectivity index (χ4v) is 1.58. The van der Waals surface area contributed by atoms with E-state index in [9.17, 15) is 9.18 Å². The summed E-state index contributed by atoms with van der Waals surface area (Å²) in [5.74, 6) is -0.166. The summed E-state index contributed by atoms with van der Waals surface area (Å²) < 4.78 is 12.7. The molecule has 1 saturated heterocycles. The number of hydrogen-bond acceptors (Lipinski definition) is 1. The maximum Gasteiger partial charge on any atom is 0.222 e. The van der Waals surface area contributed by atoms with Crippen LogP contribution in [0.25, 0.3) is 0 Å². The minimum Gasteiger partial charge on any atom is -0.349 e. The third-order valence-corrected chi connectivity index (χ3v) is 2.33. The second-order valence-corrected chi connectivity index (χ2v) is 3.33. The van der Waals surface area contributed by atoms with Gasteiger partial charge in [0.1, 0.15) is 5.82 Å². The fourth-order valence-electron chi connectivity index (χ4n) is 1.58. The van der Waals surface area contributed by atoms with E-state index in [2.05, 4.69) is 5.32 Å². The molecule has 0 aromatic heterocycles. The molecule has 1 amide bonds. The Kier molecular flexibility index (Phi) is 1.79. The van der Waals surface area contributed by atoms with E-state index in [4.69, 9.17) is 0 Å². The molecule has 0 spiro atoms. The lowest BCUT2D eigenvalue weighted by molar-refractivity contribution is -0.128. The number of benzene rings is 1. The average Bonchev–Trinajstić information content (AvgIpc) is 2.00. The molecule has 0 aliphatic carbocycles. The van der Waals surface area contributed by atoms with Gasteiger partial charge in [0, 0.05) is 0 Å². The average molecular weight is 179 g/mol. The number of halogens is 1. The van der Waals surface area contributed by atoms with Crippen LogP contribution < -0.4 is 5.32 Å². The highest BCUT2D eigenvalue weighted by molar-refractivity contribution is 5.83. The first-order valence-corrected chi connectivity index (χ1v) is 4.22. The molecule has 1 aliphatic heterocycles. The Hall–Kier alpha value is -1.38. The van der Waals surface area contributed by atoms with E-state index in [0.29, 0.717) is 6.42 Å². The van der Waals surface area contributed by atoms with Gasteiger partial charge in [-0.25, -0.2) is 4.39 Å². The van der Waals surface area contributed by atoms with Crippen molar-refractivity contribution in [3.05, 3.63) is 35.1 Å². The molecule has 1 atom stereocenters. The second kappa shape index (κ2) is 2.83. The molecule has 1 aromatic rings. The first kappa shape index (κ1) is 8.23. The first-order chi connectivity index (χ1) is 6.16. The predicted molar refractivity (Wildman–Crippen MR) is 46.6 cm³/mol. The maximum absolute atomic E-state index is 12.7. The van der Waals surface area contributed by atoms with Crippen molar-refractivity contribution in [2.75, 3.05) is 0 Å². The molecule has 0 radical (unpaired) electrons. The van der Waals surface area contributed by atoms with Crippen molar-refractivity contribution < 1.29 is 9.18 Å². The quantitative estimate of drug-likeness (QED) is 0.653. The molecule has 68 valence electrons. The van der Waals surface area contributed by atoms with Crippen molar-refractivity contribution in [1.29, 1.82) is 0 Å². The summed E-state index contributed by atoms with van der Waals surface area (Å²) in [6.07, 6.45) is 0.520. The highest BCUT2D eigenvalue weighted by Gasteiger charge is 2.27. The lowest BCUT2D eigenvalue weighted by Gasteiger charge is -2.28. The van der Waals surface area contributed by atoms with E-state index in [1.54, 1.807) is 6.07 Å². The van der Waals surface area contributed by atoms with Crippen LogP contribution in [0.5, 0.6) is 0 Å². The van der Waals surface area contributed by atoms with Crippen LogP contribution in [0.15, 0.2) is 18.2 Å². The van der Waals surface area contributed by atoms with Crippen molar-refractivity contribution in [1.82, 2.24) is 5.32 Å². The molecule has 0 saturated carbocycles. The number of hydrogen-bond donors (Lipinski definition) is 1. The van der Waals surface area contributed by atoms with E-state index in [0.717, 1.165) is 11.1 Å². The Bertz CT molecular complexity index is 354. The zero-order valence-corrected chi connectivity index (χ0v) is 7.30. The van der Waals surface area contributed by atoms with E-state index in [-0.39, 0.29) is 17.8 Å². The molecule has 13 heavy (non-hydrogen) atoms. The minimum absolute atomic E-state index is 0.0636. The summed E-state index contributed by atoms with van der Waals surface area (Å²) in [6, 6.07) is 4.73. The topological polar surface area (TPSA) is 29.1 Å². The number of β-lactam (4-membered cyclic amide) rings is 1. The highest BCUT2D eigenvalue weighted by Crippen LogP contribution is 2.26. The van der Waals surface area contributed by atoms with Crippen molar-refractivity contribution in [2.45, 2.75) is 19.4 Å². The molecular formula is C10H10FNO. The number of carbonyl (C=O) groups is 1. The largest absolute Gasteiger partial charge is 0.349 e. The smallest absolute Gasteiger partial charge is 0.222 e. The molecule has 1 N–H and O–H groups in total. The first-order valence-electron chi connectivity index (χ1n) is 4.22. The third-order valence-electron chi connectivity index (χ3n) is 2.33. The van der Waals surface area contributed by atoms with Gasteiger partial charge in [0.05, 0.1) is 12.5 Å². The summed E-state index contributed by atoms with van der Waals surface area (Å²) in [5, 5.41) is 2.76. The molecule has 2 rings (SSSR count). The Balaban J connectivity index is 2.26. The van der Waals surface area contributed by atoms with Gasteiger partial charge in [0.2, 0.25) is 5.91 Å². The van der Waals surface area contributed by atoms with E-state index >= 15 is 0 Å². The SMILES string of the molecule is Cc1cc(F)ccc1C1CC(=O)N1. The molecule has 1 heterocycles. The van der Waals surface area contributed by atoms with E-state index in [1.807, 2.05) is 6.92 Å². The Morgan fingerprint density at radius 1 is 1.54 bits per heavy atom. The highest BCUT2D eigenvalue weighted by atomic mass is 19.1. The predicted octanol–water partition coefficient (Wildman–Crippen LogP) is 1.70. The summed E-state index contributed by atoms with van der Waals surface area (Å²) >= 11 is 0. The molecule has 1 fully saturated rings. The molecule has 3 heteroatoms. The van der Waals surface area contributed by atoms with Crippen LogP contribution >= 0.6 is 0 Å². The van der Waals surface area contributed by atoms with Crippen LogP contribution in [0.4, 0.5) is 4.39 Å². The normalized spacial score (nSPS) is 20.8. The lowest BCUT2D eigenvalue weighted by Crippen LogP contribution is -2.41. The van der Waals surface area contributed by atoms with Crippen LogP contribution in [0.1, 0.15) is 23.6 Å². The van der Waals surface area contributed by atoms with Crippen molar-refractivity contribution in [3.63, 3.8) is 0 Å². The summed E-state index contributed by atoms with van der Waals surface area (Å²) in [4.78, 5) is 10.7. The van der Waals surface area contributed by atoms with Crippen molar-refractivity contribution in [2.24, 2.45) is 0 Å². The molecule has 1 unspecified atom stereocenters. The number of carbonyl (C=O) groups excluding carboxylic acids is 1. The van der Waals surface area contributed by atoms with Gasteiger partial charge in [-0.2, -0.15) is 0 Å². The second-order valence-electron chi connectivity index (χ2n) is 3.33. The Morgan fingerprint density at radius 3 is 2.77 bits per heavy atom. The van der Waals surface area contributed by atoms with E-state index < -0.39 is 0 Å². The van der Waals surface area contributed by atoms with Gasteiger partial charge in [-0.05, 0) is 30.2 Å². The van der Waals surface area contributed by atoms with Crippen molar-refractivity contribution in [3.8, 4) is 0 Å². The summed E-state index contributed by atoms with van der Waals surface area (Å²) in [5.41, 5.74) is 1.91. The number of nitrogens with one attached hydrogen (secondary N) is 1. The van der Waals surface area contributed by atoms with Gasteiger partial charge in [-0.3, -0.25) is 4.79 Å². The monoisotopic (exact) mass is 179 g/mol. The van der Waals surface area contributed by atoms with Crippen LogP contribution in [-0.2, 0) is 4.79 Å². The molecule has 2 nitrogen and oxygen atoms in total. The molecule has 0 bridgehead atoms. The van der Waals surface area contributed by atoms with Gasteiger partial charge in [0.25, 0.3) is 0 Å². The van der Waals surface area contributed by atoms with Crippen molar-refractivity contribution >= 4 is 5.91 Å². The summed E-state index contributed by atoms with van der Waals surface area (Å²) in [7, 11) is 0. The maximum atomic E-state index is 12.7. The lowest BCUT2D eigenvalue weighted by atomic mass is 9.93. The third kappa shape index (κ3) is 1.41. The standard InChI is InChI=1S/C10H10FNO/c1-6-4-7(11)2-3-8(6)9-5-10(13)12-9/h2-4,9H,5H2,1H3,(H,12,13).